The van der Waals surface area contributed by atoms with Gasteiger partial charge in [0.05, 0.1) is 5.52 Å². The molecule has 0 spiro atoms. The molecule has 0 saturated heterocycles. The molecule has 3 N–H and O–H groups in total. The second-order valence-electron chi connectivity index (χ2n) is 2.76. The zero-order valence-corrected chi connectivity index (χ0v) is 10.1. The van der Waals surface area contributed by atoms with Crippen molar-refractivity contribution in [3.05, 3.63) is 34.0 Å². The standard InChI is InChI=1S/C9H6INO.CH2O3.K.H/c10-9-5-8(12)6-3-1-2-4-7(6)11-9;2-1(3)4;;/h1-5H,(H,11,12);(H2,2,3,4);;. The van der Waals surface area contributed by atoms with Crippen LogP contribution in [0.3, 0.4) is 0 Å². The van der Waals surface area contributed by atoms with Crippen LogP contribution in [-0.2, 0) is 0 Å². The Hall–Kier alpha value is 0.0664. The molecular weight excluding hydrogens is 364 g/mol. The van der Waals surface area contributed by atoms with Crippen molar-refractivity contribution in [2.75, 3.05) is 0 Å². The van der Waals surface area contributed by atoms with Gasteiger partial charge >= 0.3 is 57.5 Å². The number of aromatic nitrogens is 1. The summed E-state index contributed by atoms with van der Waals surface area (Å²) in [7, 11) is 0. The van der Waals surface area contributed by atoms with E-state index in [-0.39, 0.29) is 51.4 Å². The van der Waals surface area contributed by atoms with E-state index in [1.807, 2.05) is 24.3 Å². The number of para-hydroxylation sites is 1. The van der Waals surface area contributed by atoms with E-state index in [0.717, 1.165) is 14.6 Å². The molecule has 2 aromatic rings. The minimum absolute atomic E-state index is 0. The van der Waals surface area contributed by atoms with E-state index < -0.39 is 6.16 Å². The fraction of sp³-hybridized carbons (Fsp3) is 0. The minimum atomic E-state index is -1.83. The topological polar surface area (TPSA) is 90.7 Å². The average molecular weight is 373 g/mol. The van der Waals surface area contributed by atoms with E-state index in [4.69, 9.17) is 15.0 Å². The van der Waals surface area contributed by atoms with Crippen molar-refractivity contribution in [3.8, 4) is 5.75 Å². The van der Waals surface area contributed by atoms with Gasteiger partial charge in [-0.1, -0.05) is 12.1 Å². The summed E-state index contributed by atoms with van der Waals surface area (Å²) in [4.78, 5) is 12.8. The predicted octanol–water partition coefficient (Wildman–Crippen LogP) is 2.12. The molecule has 17 heavy (non-hydrogen) atoms. The van der Waals surface area contributed by atoms with E-state index in [2.05, 4.69) is 27.6 Å². The van der Waals surface area contributed by atoms with Crippen LogP contribution in [0.4, 0.5) is 4.79 Å². The monoisotopic (exact) mass is 373 g/mol. The van der Waals surface area contributed by atoms with Gasteiger partial charge in [-0.25, -0.2) is 9.78 Å². The fourth-order valence-electron chi connectivity index (χ4n) is 1.13. The summed E-state index contributed by atoms with van der Waals surface area (Å²) >= 11 is 2.08. The van der Waals surface area contributed by atoms with Crippen LogP contribution in [0.15, 0.2) is 30.3 Å². The Morgan fingerprint density at radius 1 is 1.24 bits per heavy atom. The van der Waals surface area contributed by atoms with E-state index in [1.54, 1.807) is 6.07 Å². The average Bonchev–Trinajstić information content (AvgIpc) is 2.16. The van der Waals surface area contributed by atoms with Crippen molar-refractivity contribution in [1.29, 1.82) is 0 Å². The second kappa shape index (κ2) is 8.22. The van der Waals surface area contributed by atoms with Gasteiger partial charge in [0.25, 0.3) is 0 Å². The molecule has 0 radical (unpaired) electrons. The summed E-state index contributed by atoms with van der Waals surface area (Å²) in [5.74, 6) is 0.296. The molecule has 1 aromatic carbocycles. The number of benzene rings is 1. The van der Waals surface area contributed by atoms with Gasteiger partial charge < -0.3 is 15.3 Å². The van der Waals surface area contributed by atoms with Crippen LogP contribution in [0, 0.1) is 3.70 Å². The number of hydrogen-bond donors (Lipinski definition) is 3. The van der Waals surface area contributed by atoms with Gasteiger partial charge in [0.15, 0.2) is 0 Å². The van der Waals surface area contributed by atoms with E-state index in [9.17, 15) is 5.11 Å². The number of carbonyl (C=O) groups is 1. The summed E-state index contributed by atoms with van der Waals surface area (Å²) in [5.41, 5.74) is 0.835. The van der Waals surface area contributed by atoms with Gasteiger partial charge in [-0.2, -0.15) is 0 Å². The zero-order valence-electron chi connectivity index (χ0n) is 7.96. The molecule has 0 aliphatic rings. The van der Waals surface area contributed by atoms with Crippen molar-refractivity contribution >= 4 is 91.0 Å². The Labute approximate surface area is 153 Å². The van der Waals surface area contributed by atoms with E-state index in [1.165, 1.54) is 0 Å². The third kappa shape index (κ3) is 5.97. The van der Waals surface area contributed by atoms with Crippen LogP contribution in [0.1, 0.15) is 0 Å². The third-order valence-corrected chi connectivity index (χ3v) is 2.22. The Balaban J connectivity index is 0.000000453. The molecule has 86 valence electrons. The molecule has 0 fully saturated rings. The van der Waals surface area contributed by atoms with Crippen molar-refractivity contribution in [1.82, 2.24) is 4.98 Å². The zero-order chi connectivity index (χ0) is 12.1. The summed E-state index contributed by atoms with van der Waals surface area (Å²) < 4.78 is 0.809. The van der Waals surface area contributed by atoms with Crippen LogP contribution in [0.2, 0.25) is 0 Å². The van der Waals surface area contributed by atoms with Crippen LogP contribution in [-0.4, -0.2) is 77.8 Å². The molecule has 0 atom stereocenters. The summed E-state index contributed by atoms with van der Waals surface area (Å²) in [5, 5.41) is 24.3. The summed E-state index contributed by atoms with van der Waals surface area (Å²) in [6, 6.07) is 9.19. The molecule has 0 bridgehead atoms. The van der Waals surface area contributed by atoms with Crippen LogP contribution < -0.4 is 0 Å². The van der Waals surface area contributed by atoms with Crippen LogP contribution >= 0.6 is 22.6 Å². The number of nitrogens with zero attached hydrogens (tertiary/aromatic N) is 1. The Kier molecular flexibility index (Phi) is 8.25. The molecule has 0 unspecified atom stereocenters. The van der Waals surface area contributed by atoms with Crippen molar-refractivity contribution in [2.45, 2.75) is 0 Å². The molecule has 1 heterocycles. The molecule has 1 aromatic heterocycles. The number of fused-ring (bicyclic) bond motifs is 1. The second-order valence-corrected chi connectivity index (χ2v) is 3.87. The molecule has 0 saturated carbocycles. The first kappa shape index (κ1) is 17.1. The quantitative estimate of drug-likeness (QED) is 0.374. The van der Waals surface area contributed by atoms with Crippen molar-refractivity contribution in [2.24, 2.45) is 0 Å². The van der Waals surface area contributed by atoms with Gasteiger partial charge in [0.2, 0.25) is 0 Å². The van der Waals surface area contributed by atoms with Gasteiger partial charge in [-0.15, -0.1) is 0 Å². The first-order valence-electron chi connectivity index (χ1n) is 4.17. The maximum absolute atomic E-state index is 9.51. The van der Waals surface area contributed by atoms with Crippen LogP contribution in [0.5, 0.6) is 5.75 Å². The van der Waals surface area contributed by atoms with Gasteiger partial charge in [-0.3, -0.25) is 0 Å². The molecule has 5 nitrogen and oxygen atoms in total. The fourth-order valence-corrected chi connectivity index (χ4v) is 1.68. The molecular formula is C10H9IKNO4. The number of hydrogen-bond acceptors (Lipinski definition) is 3. The molecule has 7 heteroatoms. The van der Waals surface area contributed by atoms with Gasteiger partial charge in [0.1, 0.15) is 9.45 Å². The predicted molar refractivity (Wildman–Crippen MR) is 73.9 cm³/mol. The molecule has 0 aliphatic heterocycles. The Morgan fingerprint density at radius 2 is 1.76 bits per heavy atom. The number of rotatable bonds is 0. The van der Waals surface area contributed by atoms with Crippen molar-refractivity contribution < 1.29 is 20.1 Å². The molecule has 0 amide bonds. The van der Waals surface area contributed by atoms with Crippen LogP contribution in [0.25, 0.3) is 10.9 Å². The number of aromatic hydroxyl groups is 1. The molecule has 0 aliphatic carbocycles. The first-order chi connectivity index (χ1) is 7.50. The summed E-state index contributed by atoms with van der Waals surface area (Å²) in [6.07, 6.45) is -1.83. The van der Waals surface area contributed by atoms with E-state index in [0.29, 0.717) is 5.75 Å². The van der Waals surface area contributed by atoms with Crippen molar-refractivity contribution in [3.63, 3.8) is 0 Å². The number of pyridine rings is 1. The Morgan fingerprint density at radius 3 is 2.35 bits per heavy atom. The third-order valence-electron chi connectivity index (χ3n) is 1.66. The maximum atomic E-state index is 9.51. The number of carboxylic acid groups (broad SMARTS) is 2. The van der Waals surface area contributed by atoms with Gasteiger partial charge in [-0.05, 0) is 34.7 Å². The first-order valence-corrected chi connectivity index (χ1v) is 5.24. The SMILES string of the molecule is O=C(O)O.Oc1cc(I)nc2ccccc12.[KH]. The Bertz CT molecular complexity index is 517. The number of halogens is 1. The van der Waals surface area contributed by atoms with E-state index >= 15 is 0 Å². The summed E-state index contributed by atoms with van der Waals surface area (Å²) in [6.45, 7) is 0. The molecule has 2 rings (SSSR count). The normalized spacial score (nSPS) is 8.76. The van der Waals surface area contributed by atoms with Gasteiger partial charge in [0, 0.05) is 11.5 Å².